The van der Waals surface area contributed by atoms with Crippen LogP contribution >= 0.6 is 23.2 Å². The van der Waals surface area contributed by atoms with E-state index in [0.717, 1.165) is 45.2 Å². The first kappa shape index (κ1) is 29.0. The Hall–Kier alpha value is -2.13. The van der Waals surface area contributed by atoms with Crippen LogP contribution in [0.15, 0.2) is 30.4 Å². The number of piperidine rings is 1. The van der Waals surface area contributed by atoms with Crippen molar-refractivity contribution in [3.8, 4) is 0 Å². The number of hydrogen-bond acceptors (Lipinski definition) is 5. The molecule has 1 spiro atoms. The third-order valence-corrected chi connectivity index (χ3v) is 10.6. The number of rotatable bonds is 7. The van der Waals surface area contributed by atoms with Crippen molar-refractivity contribution in [2.24, 2.45) is 23.7 Å². The van der Waals surface area contributed by atoms with Gasteiger partial charge in [0.05, 0.1) is 17.9 Å². The van der Waals surface area contributed by atoms with E-state index in [1.807, 2.05) is 12.2 Å². The first-order valence-corrected chi connectivity index (χ1v) is 15.9. The van der Waals surface area contributed by atoms with Crippen molar-refractivity contribution in [1.29, 1.82) is 0 Å². The Morgan fingerprint density at radius 2 is 1.73 bits per heavy atom. The predicted molar refractivity (Wildman–Crippen MR) is 159 cm³/mol. The van der Waals surface area contributed by atoms with Crippen LogP contribution in [0.25, 0.3) is 0 Å². The lowest BCUT2D eigenvalue weighted by molar-refractivity contribution is -0.142. The summed E-state index contributed by atoms with van der Waals surface area (Å²) in [7, 11) is 0. The number of fused-ring (bicyclic) bond motifs is 1. The van der Waals surface area contributed by atoms with Crippen LogP contribution in [0.1, 0.15) is 52.4 Å². The maximum atomic E-state index is 14.2. The number of carbonyl (C=O) groups excluding carboxylic acids is 3. The molecule has 2 N–H and O–H groups in total. The van der Waals surface area contributed by atoms with Crippen LogP contribution in [0.5, 0.6) is 0 Å². The molecule has 41 heavy (non-hydrogen) atoms. The molecule has 8 atom stereocenters. The minimum atomic E-state index is -1.18. The number of likely N-dealkylation sites (tertiary alicyclic amines) is 2. The molecule has 1 aliphatic carbocycles. The van der Waals surface area contributed by atoms with Crippen LogP contribution in [-0.2, 0) is 19.1 Å². The zero-order valence-electron chi connectivity index (χ0n) is 23.8. The van der Waals surface area contributed by atoms with E-state index in [0.29, 0.717) is 40.7 Å². The molecule has 4 heterocycles. The van der Waals surface area contributed by atoms with E-state index in [4.69, 9.17) is 27.9 Å². The van der Waals surface area contributed by atoms with Gasteiger partial charge in [-0.05, 0) is 62.4 Å². The molecule has 8 unspecified atom stereocenters. The van der Waals surface area contributed by atoms with Crippen LogP contribution < -0.4 is 10.6 Å². The molecule has 4 aliphatic heterocycles. The van der Waals surface area contributed by atoms with Gasteiger partial charge in [0.25, 0.3) is 0 Å². The molecule has 2 bridgehead atoms. The van der Waals surface area contributed by atoms with E-state index in [1.165, 1.54) is 6.42 Å². The van der Waals surface area contributed by atoms with E-state index in [2.05, 4.69) is 29.4 Å². The summed E-state index contributed by atoms with van der Waals surface area (Å²) >= 11 is 12.3. The average molecular weight is 604 g/mol. The van der Waals surface area contributed by atoms with Gasteiger partial charge in [0, 0.05) is 34.9 Å². The molecular formula is C31H40Cl2N4O4. The number of hydrogen-bond donors (Lipinski definition) is 2. The second-order valence-corrected chi connectivity index (χ2v) is 13.5. The zero-order chi connectivity index (χ0) is 28.9. The lowest BCUT2D eigenvalue weighted by Crippen LogP contribution is -2.58. The summed E-state index contributed by atoms with van der Waals surface area (Å²) in [5.41, 5.74) is -0.721. The Morgan fingerprint density at radius 1 is 1.00 bits per heavy atom. The van der Waals surface area contributed by atoms with Gasteiger partial charge in [-0.15, -0.1) is 0 Å². The van der Waals surface area contributed by atoms with Gasteiger partial charge in [-0.1, -0.05) is 68.5 Å². The van der Waals surface area contributed by atoms with E-state index in [-0.39, 0.29) is 23.8 Å². The topological polar surface area (TPSA) is 91.0 Å². The highest BCUT2D eigenvalue weighted by atomic mass is 35.5. The minimum Gasteiger partial charge on any atom is -0.359 e. The highest BCUT2D eigenvalue weighted by molar-refractivity contribution is 6.35. The second-order valence-electron chi connectivity index (χ2n) is 12.7. The number of benzene rings is 1. The molecule has 0 aromatic heterocycles. The van der Waals surface area contributed by atoms with Crippen molar-refractivity contribution in [2.45, 2.75) is 76.2 Å². The number of nitrogens with one attached hydrogen (secondary N) is 2. The van der Waals surface area contributed by atoms with Crippen LogP contribution in [0, 0.1) is 23.7 Å². The monoisotopic (exact) mass is 602 g/mol. The van der Waals surface area contributed by atoms with Crippen molar-refractivity contribution in [2.75, 3.05) is 31.5 Å². The fourth-order valence-electron chi connectivity index (χ4n) is 7.84. The minimum absolute atomic E-state index is 0.0509. The molecule has 1 aromatic rings. The molecule has 4 fully saturated rings. The van der Waals surface area contributed by atoms with Crippen LogP contribution in [0.2, 0.25) is 10.0 Å². The molecule has 6 rings (SSSR count). The quantitative estimate of drug-likeness (QED) is 0.448. The maximum Gasteiger partial charge on any atom is 0.246 e. The Bertz CT molecular complexity index is 1220. The molecule has 10 heteroatoms. The molecule has 3 saturated heterocycles. The Morgan fingerprint density at radius 3 is 2.46 bits per heavy atom. The normalized spacial score (nSPS) is 36.4. The largest absolute Gasteiger partial charge is 0.359 e. The third-order valence-electron chi connectivity index (χ3n) is 10.2. The van der Waals surface area contributed by atoms with E-state index >= 15 is 0 Å². The zero-order valence-corrected chi connectivity index (χ0v) is 25.3. The number of nitrogens with zero attached hydrogens (tertiary/aromatic N) is 2. The molecule has 1 aromatic carbocycles. The Kier molecular flexibility index (Phi) is 8.13. The fraction of sp³-hybridized carbons (Fsp3) is 0.645. The predicted octanol–water partition coefficient (Wildman–Crippen LogP) is 4.51. The highest BCUT2D eigenvalue weighted by Gasteiger charge is 2.72. The van der Waals surface area contributed by atoms with E-state index in [1.54, 1.807) is 23.1 Å². The number of anilines is 1. The lowest BCUT2D eigenvalue weighted by Gasteiger charge is -2.38. The van der Waals surface area contributed by atoms with E-state index in [9.17, 15) is 14.4 Å². The summed E-state index contributed by atoms with van der Waals surface area (Å²) < 4.78 is 6.51. The molecule has 3 amide bonds. The summed E-state index contributed by atoms with van der Waals surface area (Å²) in [6.07, 6.45) is 9.79. The number of amides is 3. The van der Waals surface area contributed by atoms with Crippen molar-refractivity contribution < 1.29 is 19.1 Å². The number of halogens is 2. The van der Waals surface area contributed by atoms with Gasteiger partial charge in [0.1, 0.15) is 11.6 Å². The van der Waals surface area contributed by atoms with Gasteiger partial charge < -0.3 is 25.2 Å². The first-order chi connectivity index (χ1) is 19.7. The van der Waals surface area contributed by atoms with Gasteiger partial charge in [0.2, 0.25) is 17.7 Å². The summed E-state index contributed by atoms with van der Waals surface area (Å²) in [5, 5.41) is 7.02. The SMILES string of the molecule is CC1CCCC(NC(=O)C2N(CCN3CCCCC3)C(=O)C3C(C(=O)Nc4cc(Cl)cc(Cl)c4)C4C=CC32O4)C1C. The summed E-state index contributed by atoms with van der Waals surface area (Å²) in [6, 6.07) is 4.06. The standard InChI is InChI=1S/C31H40Cl2N4O4/c1-18-7-6-8-23(19(18)2)35-29(39)27-31-10-9-24(41-31)25(28(38)34-22-16-20(32)15-21(33)17-22)26(31)30(40)37(27)14-13-36-11-4-3-5-12-36/h9-10,15-19,23-27H,3-8,11-14H2,1-2H3,(H,34,38)(H,35,39). The Balaban J connectivity index is 1.28. The molecular weight excluding hydrogens is 563 g/mol. The first-order valence-electron chi connectivity index (χ1n) is 15.2. The molecule has 0 radical (unpaired) electrons. The summed E-state index contributed by atoms with van der Waals surface area (Å²) in [6.45, 7) is 7.55. The summed E-state index contributed by atoms with van der Waals surface area (Å²) in [4.78, 5) is 46.2. The third kappa shape index (κ3) is 5.30. The molecule has 5 aliphatic rings. The molecule has 8 nitrogen and oxygen atoms in total. The second kappa shape index (κ2) is 11.5. The van der Waals surface area contributed by atoms with Gasteiger partial charge in [-0.2, -0.15) is 0 Å². The van der Waals surface area contributed by atoms with Gasteiger partial charge in [-0.25, -0.2) is 0 Å². The van der Waals surface area contributed by atoms with Gasteiger partial charge >= 0.3 is 0 Å². The maximum absolute atomic E-state index is 14.2. The molecule has 222 valence electrons. The van der Waals surface area contributed by atoms with Crippen LogP contribution in [-0.4, -0.2) is 77.5 Å². The van der Waals surface area contributed by atoms with Crippen molar-refractivity contribution in [1.82, 2.24) is 15.1 Å². The van der Waals surface area contributed by atoms with Gasteiger partial charge in [-0.3, -0.25) is 14.4 Å². The fourth-order valence-corrected chi connectivity index (χ4v) is 8.36. The smallest absolute Gasteiger partial charge is 0.246 e. The van der Waals surface area contributed by atoms with Crippen LogP contribution in [0.4, 0.5) is 5.69 Å². The van der Waals surface area contributed by atoms with Crippen molar-refractivity contribution in [3.05, 3.63) is 40.4 Å². The highest BCUT2D eigenvalue weighted by Crippen LogP contribution is 2.55. The van der Waals surface area contributed by atoms with E-state index < -0.39 is 29.6 Å². The molecule has 1 saturated carbocycles. The van der Waals surface area contributed by atoms with Crippen molar-refractivity contribution in [3.63, 3.8) is 0 Å². The summed E-state index contributed by atoms with van der Waals surface area (Å²) in [5.74, 6) is -1.40. The number of carbonyl (C=O) groups is 3. The lowest BCUT2D eigenvalue weighted by atomic mass is 9.73. The van der Waals surface area contributed by atoms with Crippen LogP contribution in [0.3, 0.4) is 0 Å². The Labute approximate surface area is 252 Å². The number of ether oxygens (including phenoxy) is 1. The van der Waals surface area contributed by atoms with Crippen molar-refractivity contribution >= 4 is 46.6 Å². The van der Waals surface area contributed by atoms with Gasteiger partial charge in [0.15, 0.2) is 0 Å². The average Bonchev–Trinajstić information content (AvgIpc) is 3.57.